The highest BCUT2D eigenvalue weighted by atomic mass is 16.2. The molecular formula is C17H27N3O. The van der Waals surface area contributed by atoms with Crippen molar-refractivity contribution in [2.24, 2.45) is 5.92 Å². The summed E-state index contributed by atoms with van der Waals surface area (Å²) in [5.41, 5.74) is 2.40. The first-order valence-corrected chi connectivity index (χ1v) is 7.86. The van der Waals surface area contributed by atoms with Gasteiger partial charge in [0.15, 0.2) is 0 Å². The van der Waals surface area contributed by atoms with Gasteiger partial charge in [0.05, 0.1) is 6.54 Å². The van der Waals surface area contributed by atoms with Crippen molar-refractivity contribution in [1.82, 2.24) is 15.5 Å². The Balaban J connectivity index is 1.72. The number of aryl methyl sites for hydroxylation is 1. The molecule has 1 atom stereocenters. The number of rotatable bonds is 6. The number of piperidine rings is 1. The highest BCUT2D eigenvalue weighted by Gasteiger charge is 2.20. The second-order valence-corrected chi connectivity index (χ2v) is 6.06. The third-order valence-corrected chi connectivity index (χ3v) is 4.07. The van der Waals surface area contributed by atoms with E-state index in [0.29, 0.717) is 19.0 Å². The molecule has 0 spiro atoms. The third kappa shape index (κ3) is 5.48. The Morgan fingerprint density at radius 3 is 2.81 bits per heavy atom. The maximum atomic E-state index is 12.0. The van der Waals surface area contributed by atoms with Crippen LogP contribution in [0.1, 0.15) is 24.0 Å². The maximum absolute atomic E-state index is 12.0. The fraction of sp³-hybridized carbons (Fsp3) is 0.588. The van der Waals surface area contributed by atoms with Gasteiger partial charge in [0.25, 0.3) is 0 Å². The fourth-order valence-corrected chi connectivity index (χ4v) is 2.92. The molecule has 1 heterocycles. The Morgan fingerprint density at radius 1 is 1.33 bits per heavy atom. The van der Waals surface area contributed by atoms with E-state index in [1.54, 1.807) is 0 Å². The number of nitrogens with zero attached hydrogens (tertiary/aromatic N) is 1. The number of likely N-dealkylation sites (tertiary alicyclic amines) is 1. The van der Waals surface area contributed by atoms with Crippen molar-refractivity contribution in [2.75, 3.05) is 33.2 Å². The predicted octanol–water partition coefficient (Wildman–Crippen LogP) is 1.54. The molecule has 1 amide bonds. The molecule has 1 aliphatic rings. The van der Waals surface area contributed by atoms with Crippen molar-refractivity contribution >= 4 is 5.91 Å². The van der Waals surface area contributed by atoms with E-state index < -0.39 is 0 Å². The van der Waals surface area contributed by atoms with Gasteiger partial charge in [-0.2, -0.15) is 0 Å². The lowest BCUT2D eigenvalue weighted by Gasteiger charge is -2.32. The Morgan fingerprint density at radius 2 is 2.10 bits per heavy atom. The molecule has 1 saturated heterocycles. The Hall–Kier alpha value is -1.39. The molecule has 2 N–H and O–H groups in total. The van der Waals surface area contributed by atoms with Gasteiger partial charge in [-0.05, 0) is 51.4 Å². The minimum absolute atomic E-state index is 0.126. The van der Waals surface area contributed by atoms with E-state index >= 15 is 0 Å². The molecule has 0 radical (unpaired) electrons. The average Bonchev–Trinajstić information content (AvgIpc) is 2.47. The summed E-state index contributed by atoms with van der Waals surface area (Å²) in [6.45, 7) is 6.32. The molecule has 2 rings (SSSR count). The molecule has 1 unspecified atom stereocenters. The zero-order valence-electron chi connectivity index (χ0n) is 13.2. The van der Waals surface area contributed by atoms with Crippen LogP contribution in [-0.2, 0) is 11.3 Å². The summed E-state index contributed by atoms with van der Waals surface area (Å²) in [4.78, 5) is 14.3. The van der Waals surface area contributed by atoms with Gasteiger partial charge < -0.3 is 10.6 Å². The van der Waals surface area contributed by atoms with E-state index in [1.165, 1.54) is 18.4 Å². The summed E-state index contributed by atoms with van der Waals surface area (Å²) in [6.07, 6.45) is 2.46. The van der Waals surface area contributed by atoms with Gasteiger partial charge in [0.1, 0.15) is 0 Å². The zero-order chi connectivity index (χ0) is 15.1. The van der Waals surface area contributed by atoms with Crippen LogP contribution in [0.3, 0.4) is 0 Å². The van der Waals surface area contributed by atoms with Crippen LogP contribution in [0.5, 0.6) is 0 Å². The molecule has 4 nitrogen and oxygen atoms in total. The van der Waals surface area contributed by atoms with Gasteiger partial charge in [-0.1, -0.05) is 29.8 Å². The van der Waals surface area contributed by atoms with E-state index in [4.69, 9.17) is 0 Å². The number of carbonyl (C=O) groups excluding carboxylic acids is 1. The third-order valence-electron chi connectivity index (χ3n) is 4.07. The monoisotopic (exact) mass is 289 g/mol. The Kier molecular flexibility index (Phi) is 6.21. The summed E-state index contributed by atoms with van der Waals surface area (Å²) >= 11 is 0. The van der Waals surface area contributed by atoms with Crippen molar-refractivity contribution < 1.29 is 4.79 Å². The molecule has 4 heteroatoms. The van der Waals surface area contributed by atoms with E-state index in [9.17, 15) is 4.79 Å². The molecule has 1 aliphatic heterocycles. The number of amides is 1. The smallest absolute Gasteiger partial charge is 0.234 e. The maximum Gasteiger partial charge on any atom is 0.234 e. The summed E-state index contributed by atoms with van der Waals surface area (Å²) in [5.74, 6) is 0.800. The van der Waals surface area contributed by atoms with Crippen LogP contribution >= 0.6 is 0 Å². The molecule has 21 heavy (non-hydrogen) atoms. The number of benzene rings is 1. The van der Waals surface area contributed by atoms with Gasteiger partial charge >= 0.3 is 0 Å². The predicted molar refractivity (Wildman–Crippen MR) is 86.1 cm³/mol. The number of nitrogens with one attached hydrogen (secondary N) is 2. The van der Waals surface area contributed by atoms with Crippen molar-refractivity contribution in [3.05, 3.63) is 35.4 Å². The highest BCUT2D eigenvalue weighted by Crippen LogP contribution is 2.15. The number of carbonyl (C=O) groups is 1. The summed E-state index contributed by atoms with van der Waals surface area (Å²) in [6, 6.07) is 8.29. The Bertz CT molecular complexity index is 442. The first kappa shape index (κ1) is 16.0. The highest BCUT2D eigenvalue weighted by molar-refractivity contribution is 5.78. The van der Waals surface area contributed by atoms with Crippen LogP contribution in [0.15, 0.2) is 24.3 Å². The lowest BCUT2D eigenvalue weighted by Crippen LogP contribution is -2.44. The van der Waals surface area contributed by atoms with Crippen LogP contribution in [0, 0.1) is 12.8 Å². The van der Waals surface area contributed by atoms with Gasteiger partial charge in [-0.25, -0.2) is 0 Å². The van der Waals surface area contributed by atoms with E-state index in [0.717, 1.165) is 25.2 Å². The van der Waals surface area contributed by atoms with Crippen molar-refractivity contribution in [1.29, 1.82) is 0 Å². The lowest BCUT2D eigenvalue weighted by atomic mass is 9.98. The van der Waals surface area contributed by atoms with Crippen molar-refractivity contribution in [2.45, 2.75) is 26.3 Å². The average molecular weight is 289 g/mol. The second kappa shape index (κ2) is 8.15. The molecule has 0 bridgehead atoms. The molecule has 1 aromatic rings. The second-order valence-electron chi connectivity index (χ2n) is 6.06. The van der Waals surface area contributed by atoms with Gasteiger partial charge in [0, 0.05) is 13.1 Å². The molecule has 1 fully saturated rings. The van der Waals surface area contributed by atoms with Crippen LogP contribution in [0.4, 0.5) is 0 Å². The van der Waals surface area contributed by atoms with Crippen LogP contribution in [0.2, 0.25) is 0 Å². The van der Waals surface area contributed by atoms with Gasteiger partial charge in [0.2, 0.25) is 5.91 Å². The molecule has 0 aromatic heterocycles. The minimum Gasteiger partial charge on any atom is -0.351 e. The van der Waals surface area contributed by atoms with E-state index in [1.807, 2.05) is 7.05 Å². The number of hydrogen-bond donors (Lipinski definition) is 2. The summed E-state index contributed by atoms with van der Waals surface area (Å²) in [7, 11) is 1.99. The molecule has 0 saturated carbocycles. The molecular weight excluding hydrogens is 262 g/mol. The van der Waals surface area contributed by atoms with Crippen molar-refractivity contribution in [3.8, 4) is 0 Å². The first-order valence-electron chi connectivity index (χ1n) is 7.86. The molecule has 116 valence electrons. The molecule has 1 aromatic carbocycles. The summed E-state index contributed by atoms with van der Waals surface area (Å²) < 4.78 is 0. The first-order chi connectivity index (χ1) is 10.2. The van der Waals surface area contributed by atoms with Gasteiger partial charge in [-0.3, -0.25) is 9.69 Å². The zero-order valence-corrected chi connectivity index (χ0v) is 13.2. The Labute approximate surface area is 127 Å². The lowest BCUT2D eigenvalue weighted by molar-refractivity contribution is -0.122. The minimum atomic E-state index is 0.126. The number of hydrogen-bond acceptors (Lipinski definition) is 3. The summed E-state index contributed by atoms with van der Waals surface area (Å²) in [5, 5.41) is 6.25. The van der Waals surface area contributed by atoms with Crippen molar-refractivity contribution in [3.63, 3.8) is 0 Å². The quantitative estimate of drug-likeness (QED) is 0.835. The van der Waals surface area contributed by atoms with Crippen LogP contribution in [0.25, 0.3) is 0 Å². The topological polar surface area (TPSA) is 44.4 Å². The normalized spacial score (nSPS) is 19.4. The SMILES string of the molecule is CNCC1CCCN(CC(=O)NCc2ccc(C)cc2)C1. The van der Waals surface area contributed by atoms with Crippen LogP contribution in [-0.4, -0.2) is 44.0 Å². The molecule has 0 aliphatic carbocycles. The van der Waals surface area contributed by atoms with Crippen LogP contribution < -0.4 is 10.6 Å². The fourth-order valence-electron chi connectivity index (χ4n) is 2.92. The van der Waals surface area contributed by atoms with E-state index in [-0.39, 0.29) is 5.91 Å². The van der Waals surface area contributed by atoms with E-state index in [2.05, 4.69) is 46.7 Å². The standard InChI is InChI=1S/C17H27N3O/c1-14-5-7-15(8-6-14)11-19-17(21)13-20-9-3-4-16(12-20)10-18-2/h5-8,16,18H,3-4,9-13H2,1-2H3,(H,19,21). The largest absolute Gasteiger partial charge is 0.351 e. The van der Waals surface area contributed by atoms with Gasteiger partial charge in [-0.15, -0.1) is 0 Å².